The van der Waals surface area contributed by atoms with Gasteiger partial charge in [-0.3, -0.25) is 4.79 Å². The Kier molecular flexibility index (Phi) is 12.2. The third-order valence-corrected chi connectivity index (χ3v) is 12.7. The fourth-order valence-electron chi connectivity index (χ4n) is 7.84. The van der Waals surface area contributed by atoms with E-state index in [4.69, 9.17) is 21.1 Å². The highest BCUT2D eigenvalue weighted by Crippen LogP contribution is 2.45. The number of fused-ring (bicyclic) bond motifs is 3. The predicted molar refractivity (Wildman–Crippen MR) is 225 cm³/mol. The molecule has 12 nitrogen and oxygen atoms in total. The van der Waals surface area contributed by atoms with E-state index in [1.165, 1.54) is 22.9 Å². The maximum absolute atomic E-state index is 13.2. The van der Waals surface area contributed by atoms with Gasteiger partial charge in [-0.15, -0.1) is 0 Å². The van der Waals surface area contributed by atoms with Gasteiger partial charge in [0.2, 0.25) is 5.91 Å². The van der Waals surface area contributed by atoms with Gasteiger partial charge >= 0.3 is 12.2 Å². The Labute approximate surface area is 349 Å². The lowest BCUT2D eigenvalue weighted by atomic mass is 9.80. The van der Waals surface area contributed by atoms with Gasteiger partial charge in [-0.2, -0.15) is 0 Å². The van der Waals surface area contributed by atoms with Crippen molar-refractivity contribution in [1.82, 2.24) is 20.2 Å². The van der Waals surface area contributed by atoms with Crippen molar-refractivity contribution in [3.63, 3.8) is 0 Å². The Balaban J connectivity index is 0.861. The van der Waals surface area contributed by atoms with E-state index in [-0.39, 0.29) is 56.2 Å². The number of hydrogen-bond donors (Lipinski definition) is 3. The minimum absolute atomic E-state index is 0.0363. The number of piperidine rings is 2. The fraction of sp³-hybridized carbons (Fsp3) is 0.432. The van der Waals surface area contributed by atoms with E-state index in [9.17, 15) is 19.5 Å². The first-order valence-corrected chi connectivity index (χ1v) is 21.0. The van der Waals surface area contributed by atoms with Crippen LogP contribution in [0.15, 0.2) is 89.0 Å². The number of likely N-dealkylation sites (tertiary alicyclic amines) is 1. The summed E-state index contributed by atoms with van der Waals surface area (Å²) < 4.78 is 11.2. The maximum Gasteiger partial charge on any atom is 0.409 e. The van der Waals surface area contributed by atoms with Gasteiger partial charge in [-0.1, -0.05) is 84.9 Å². The molecule has 2 saturated heterocycles. The maximum atomic E-state index is 13.2. The summed E-state index contributed by atoms with van der Waals surface area (Å²) in [7, 11) is 0. The molecule has 1 aromatic heterocycles. The Hall–Kier alpha value is -4.85. The molecule has 3 heterocycles. The number of benzene rings is 3. The van der Waals surface area contributed by atoms with Gasteiger partial charge in [0.15, 0.2) is 0 Å². The molecule has 1 aliphatic carbocycles. The van der Waals surface area contributed by atoms with Crippen LogP contribution >= 0.6 is 23.4 Å². The van der Waals surface area contributed by atoms with Crippen LogP contribution in [0.5, 0.6) is 0 Å². The Morgan fingerprint density at radius 3 is 2.17 bits per heavy atom. The number of aliphatic hydroxyl groups is 1. The van der Waals surface area contributed by atoms with Crippen molar-refractivity contribution < 1.29 is 29.0 Å². The zero-order valence-corrected chi connectivity index (χ0v) is 35.0. The smallest absolute Gasteiger partial charge is 0.409 e. The standard InChI is InChI=1S/C44H51ClN6O6S/c1-42(2,3)57-40(53)48-28-43(4)16-20-50(21-17-43)36-25-47-38(26-46-36)58-35-15-9-14-34(39(35)45)49-37(52)24-44(55)18-22-51(23-19-44)41(54)56-27-33-31-12-7-5-10-29(31)30-11-6-8-13-32(30)33/h5-15,25-26,33,55H,16-24,27-28H2,1-4H3,(H,48,53)(H,49,52). The lowest BCUT2D eigenvalue weighted by Crippen LogP contribution is -2.48. The van der Waals surface area contributed by atoms with E-state index < -0.39 is 23.4 Å². The summed E-state index contributed by atoms with van der Waals surface area (Å²) >= 11 is 8.12. The van der Waals surface area contributed by atoms with Crippen LogP contribution < -0.4 is 15.5 Å². The van der Waals surface area contributed by atoms with Gasteiger partial charge in [0.05, 0.1) is 35.1 Å². The second-order valence-electron chi connectivity index (χ2n) is 16.8. The van der Waals surface area contributed by atoms with Crippen LogP contribution in [0.4, 0.5) is 21.1 Å². The summed E-state index contributed by atoms with van der Waals surface area (Å²) in [6.07, 6.45) is 4.75. The van der Waals surface area contributed by atoms with Crippen molar-refractivity contribution in [2.45, 2.75) is 86.8 Å². The van der Waals surface area contributed by atoms with E-state index >= 15 is 0 Å². The zero-order valence-electron chi connectivity index (χ0n) is 33.4. The number of hydrogen-bond acceptors (Lipinski definition) is 10. The summed E-state index contributed by atoms with van der Waals surface area (Å²) in [5, 5.41) is 18.2. The minimum Gasteiger partial charge on any atom is -0.448 e. The van der Waals surface area contributed by atoms with Gasteiger partial charge < -0.3 is 35.0 Å². The van der Waals surface area contributed by atoms with Crippen LogP contribution in [-0.4, -0.2) is 88.6 Å². The van der Waals surface area contributed by atoms with Crippen LogP contribution in [0.25, 0.3) is 11.1 Å². The van der Waals surface area contributed by atoms with Crippen LogP contribution in [0.2, 0.25) is 5.02 Å². The van der Waals surface area contributed by atoms with E-state index in [0.717, 1.165) is 42.9 Å². The largest absolute Gasteiger partial charge is 0.448 e. The first-order valence-electron chi connectivity index (χ1n) is 19.8. The number of anilines is 2. The number of nitrogens with zero attached hydrogens (tertiary/aromatic N) is 4. The van der Waals surface area contributed by atoms with Gasteiger partial charge in [-0.05, 0) is 86.3 Å². The van der Waals surface area contributed by atoms with Crippen LogP contribution in [-0.2, 0) is 14.3 Å². The van der Waals surface area contributed by atoms with Crippen molar-refractivity contribution in [3.05, 3.63) is 95.3 Å². The van der Waals surface area contributed by atoms with E-state index in [1.807, 2.05) is 51.1 Å². The Morgan fingerprint density at radius 2 is 1.55 bits per heavy atom. The monoisotopic (exact) mass is 826 g/mol. The number of alkyl carbamates (subject to hydrolysis) is 1. The number of nitrogens with one attached hydrogen (secondary N) is 2. The summed E-state index contributed by atoms with van der Waals surface area (Å²) in [5.41, 5.74) is 3.20. The minimum atomic E-state index is -1.27. The fourth-order valence-corrected chi connectivity index (χ4v) is 8.91. The number of aromatic nitrogens is 2. The normalized spacial score (nSPS) is 17.2. The molecule has 306 valence electrons. The summed E-state index contributed by atoms with van der Waals surface area (Å²) in [5.74, 6) is 0.370. The molecule has 2 aliphatic heterocycles. The molecule has 0 bridgehead atoms. The van der Waals surface area contributed by atoms with Crippen molar-refractivity contribution in [2.24, 2.45) is 5.41 Å². The number of carbonyl (C=O) groups is 3. The summed E-state index contributed by atoms with van der Waals surface area (Å²) in [6, 6.07) is 21.8. The highest BCUT2D eigenvalue weighted by Gasteiger charge is 2.37. The summed E-state index contributed by atoms with van der Waals surface area (Å²) in [6.45, 7) is 10.6. The first-order chi connectivity index (χ1) is 27.7. The highest BCUT2D eigenvalue weighted by atomic mass is 35.5. The number of halogens is 1. The van der Waals surface area contributed by atoms with Crippen LogP contribution in [0.3, 0.4) is 0 Å². The third kappa shape index (κ3) is 9.87. The molecule has 3 N–H and O–H groups in total. The number of amides is 3. The third-order valence-electron chi connectivity index (χ3n) is 11.2. The molecule has 3 aromatic carbocycles. The molecular weight excluding hydrogens is 776 g/mol. The van der Waals surface area contributed by atoms with Crippen molar-refractivity contribution >= 4 is 53.0 Å². The Morgan fingerprint density at radius 1 is 0.897 bits per heavy atom. The average molecular weight is 827 g/mol. The SMILES string of the molecule is CC1(CNC(=O)OC(C)(C)C)CCN(c2cnc(Sc3cccc(NC(=O)CC4(O)CCN(C(=O)OCC5c6ccccc6-c6ccccc65)CC4)c3Cl)cn2)CC1. The molecule has 0 spiro atoms. The van der Waals surface area contributed by atoms with E-state index in [1.54, 1.807) is 29.4 Å². The molecule has 4 aromatic rings. The first kappa shape index (κ1) is 41.3. The molecule has 7 rings (SSSR count). The molecule has 3 aliphatic rings. The second-order valence-corrected chi connectivity index (χ2v) is 18.3. The second kappa shape index (κ2) is 17.2. The predicted octanol–water partition coefficient (Wildman–Crippen LogP) is 8.52. The van der Waals surface area contributed by atoms with Gasteiger partial charge in [0.25, 0.3) is 0 Å². The molecule has 3 amide bonds. The van der Waals surface area contributed by atoms with Crippen LogP contribution in [0, 0.1) is 5.41 Å². The van der Waals surface area contributed by atoms with Gasteiger partial charge in [-0.25, -0.2) is 19.6 Å². The lowest BCUT2D eigenvalue weighted by molar-refractivity contribution is -0.123. The van der Waals surface area contributed by atoms with E-state index in [0.29, 0.717) is 27.2 Å². The van der Waals surface area contributed by atoms with Crippen molar-refractivity contribution in [1.29, 1.82) is 0 Å². The lowest BCUT2D eigenvalue weighted by Gasteiger charge is -2.40. The zero-order chi connectivity index (χ0) is 41.1. The molecule has 0 atom stereocenters. The van der Waals surface area contributed by atoms with Gasteiger partial charge in [0, 0.05) is 43.5 Å². The summed E-state index contributed by atoms with van der Waals surface area (Å²) in [4.78, 5) is 52.3. The molecule has 0 unspecified atom stereocenters. The molecular formula is C44H51ClN6O6S. The molecule has 2 fully saturated rings. The number of ether oxygens (including phenoxy) is 2. The molecule has 58 heavy (non-hydrogen) atoms. The average Bonchev–Trinajstić information content (AvgIpc) is 3.51. The highest BCUT2D eigenvalue weighted by molar-refractivity contribution is 7.99. The number of carbonyl (C=O) groups excluding carboxylic acids is 3. The van der Waals surface area contributed by atoms with Crippen molar-refractivity contribution in [3.8, 4) is 11.1 Å². The van der Waals surface area contributed by atoms with Crippen LogP contribution in [0.1, 0.15) is 76.8 Å². The Bertz CT molecular complexity index is 2080. The number of rotatable bonds is 10. The topological polar surface area (TPSA) is 146 Å². The van der Waals surface area contributed by atoms with E-state index in [2.05, 4.69) is 56.7 Å². The molecule has 0 radical (unpaired) electrons. The quantitative estimate of drug-likeness (QED) is 0.142. The molecule has 14 heteroatoms. The van der Waals surface area contributed by atoms with Crippen molar-refractivity contribution in [2.75, 3.05) is 49.5 Å². The van der Waals surface area contributed by atoms with Gasteiger partial charge in [0.1, 0.15) is 23.1 Å². The molecule has 0 saturated carbocycles.